The summed E-state index contributed by atoms with van der Waals surface area (Å²) in [6.45, 7) is -2.20. The highest BCUT2D eigenvalue weighted by atomic mass is 32.2. The largest absolute Gasteiger partial charge is 0.435 e. The van der Waals surface area contributed by atoms with E-state index in [0.717, 1.165) is 10.6 Å². The summed E-state index contributed by atoms with van der Waals surface area (Å²) < 4.78 is 29.1. The monoisotopic (exact) mass is 461 g/mol. The van der Waals surface area contributed by atoms with Crippen LogP contribution in [-0.2, 0) is 9.67 Å². The molecule has 0 radical (unpaired) electrons. The first-order valence-corrected chi connectivity index (χ1v) is 10.5. The van der Waals surface area contributed by atoms with Gasteiger partial charge in [0.15, 0.2) is 4.87 Å². The van der Waals surface area contributed by atoms with Crippen LogP contribution in [0.15, 0.2) is 59.1 Å². The quantitative estimate of drug-likeness (QED) is 0.508. The molecule has 0 spiro atoms. The van der Waals surface area contributed by atoms with Gasteiger partial charge in [0.25, 0.3) is 5.91 Å². The predicted molar refractivity (Wildman–Crippen MR) is 118 cm³/mol. The summed E-state index contributed by atoms with van der Waals surface area (Å²) >= 11 is 1.27. The molecule has 0 saturated heterocycles. The number of ether oxygens (including phenoxy) is 1. The average molecular weight is 461 g/mol. The Hall–Kier alpha value is -3.47. The van der Waals surface area contributed by atoms with Crippen molar-refractivity contribution in [3.8, 4) is 5.75 Å². The molecule has 0 saturated carbocycles. The lowest BCUT2D eigenvalue weighted by atomic mass is 10.0. The van der Waals surface area contributed by atoms with Gasteiger partial charge in [-0.25, -0.2) is 4.79 Å². The van der Waals surface area contributed by atoms with Crippen molar-refractivity contribution in [3.05, 3.63) is 64.7 Å². The highest BCUT2D eigenvalue weighted by molar-refractivity contribution is 8.05. The van der Waals surface area contributed by atoms with Crippen LogP contribution >= 0.6 is 11.8 Å². The van der Waals surface area contributed by atoms with Crippen molar-refractivity contribution in [1.29, 1.82) is 0 Å². The fraction of sp³-hybridized carbons (Fsp3) is 0.238. The summed E-state index contributed by atoms with van der Waals surface area (Å²) in [5.74, 6) is -0.417. The predicted octanol–water partition coefficient (Wildman–Crippen LogP) is 2.99. The number of rotatable bonds is 5. The number of amides is 3. The lowest BCUT2D eigenvalue weighted by Gasteiger charge is -2.30. The first kappa shape index (κ1) is 21.8. The van der Waals surface area contributed by atoms with Crippen LogP contribution in [0.2, 0.25) is 0 Å². The van der Waals surface area contributed by atoms with E-state index in [-0.39, 0.29) is 5.75 Å². The van der Waals surface area contributed by atoms with Crippen molar-refractivity contribution in [3.63, 3.8) is 0 Å². The number of benzene rings is 2. The summed E-state index contributed by atoms with van der Waals surface area (Å²) in [6.07, 6.45) is 0.521. The minimum absolute atomic E-state index is 0.0166. The second kappa shape index (κ2) is 8.58. The van der Waals surface area contributed by atoms with Gasteiger partial charge >= 0.3 is 12.6 Å². The van der Waals surface area contributed by atoms with E-state index in [4.69, 9.17) is 11.5 Å². The molecule has 2 aromatic carbocycles. The molecule has 2 aromatic rings. The number of carbonyl (C=O) groups is 2. The Kier molecular flexibility index (Phi) is 5.83. The highest BCUT2D eigenvalue weighted by Gasteiger charge is 2.49. The Labute approximate surface area is 187 Å². The van der Waals surface area contributed by atoms with Gasteiger partial charge in [0.2, 0.25) is 0 Å². The van der Waals surface area contributed by atoms with Crippen LogP contribution in [-0.4, -0.2) is 36.5 Å². The molecule has 4 rings (SSSR count). The Morgan fingerprint density at radius 2 is 1.91 bits per heavy atom. The maximum atomic E-state index is 13.6. The summed E-state index contributed by atoms with van der Waals surface area (Å²) in [7, 11) is 0. The number of carbonyl (C=O) groups excluding carboxylic acids is 2. The van der Waals surface area contributed by atoms with Crippen LogP contribution in [0.25, 0.3) is 0 Å². The van der Waals surface area contributed by atoms with Crippen LogP contribution in [0, 0.1) is 0 Å². The van der Waals surface area contributed by atoms with Gasteiger partial charge in [-0.1, -0.05) is 30.0 Å². The van der Waals surface area contributed by atoms with E-state index in [9.17, 15) is 18.4 Å². The molecule has 32 heavy (non-hydrogen) atoms. The van der Waals surface area contributed by atoms with Crippen LogP contribution in [0.1, 0.15) is 12.0 Å². The molecule has 1 unspecified atom stereocenters. The number of alkyl halides is 2. The molecule has 2 aliphatic rings. The molecule has 1 atom stereocenters. The first-order chi connectivity index (χ1) is 15.3. The fourth-order valence-electron chi connectivity index (χ4n) is 3.68. The third-order valence-corrected chi connectivity index (χ3v) is 6.65. The van der Waals surface area contributed by atoms with Crippen LogP contribution in [0.5, 0.6) is 5.75 Å². The number of urea groups is 1. The maximum Gasteiger partial charge on any atom is 0.387 e. The zero-order chi connectivity index (χ0) is 22.9. The number of nitrogens with two attached hydrogens (primary N) is 2. The lowest BCUT2D eigenvalue weighted by Crippen LogP contribution is -2.47. The molecule has 8 nitrogen and oxygen atoms in total. The minimum Gasteiger partial charge on any atom is -0.435 e. The topological polar surface area (TPSA) is 123 Å². The minimum atomic E-state index is -2.93. The molecular weight excluding hydrogens is 440 g/mol. The van der Waals surface area contributed by atoms with Gasteiger partial charge in [-0.2, -0.15) is 8.78 Å². The molecule has 11 heteroatoms. The van der Waals surface area contributed by atoms with Crippen molar-refractivity contribution < 1.29 is 23.1 Å². The Morgan fingerprint density at radius 1 is 1.19 bits per heavy atom. The maximum absolute atomic E-state index is 13.6. The summed E-state index contributed by atoms with van der Waals surface area (Å²) in [6, 6.07) is 12.1. The number of nitrogens with one attached hydrogen (secondary N) is 2. The van der Waals surface area contributed by atoms with Crippen molar-refractivity contribution in [2.75, 3.05) is 24.1 Å². The third-order valence-electron chi connectivity index (χ3n) is 5.21. The van der Waals surface area contributed by atoms with E-state index in [1.807, 2.05) is 0 Å². The molecule has 0 aliphatic carbocycles. The van der Waals surface area contributed by atoms with Gasteiger partial charge in [-0.05, 0) is 30.3 Å². The smallest absolute Gasteiger partial charge is 0.387 e. The Morgan fingerprint density at radius 3 is 2.56 bits per heavy atom. The Bertz CT molecular complexity index is 1080. The van der Waals surface area contributed by atoms with E-state index >= 15 is 0 Å². The number of halogens is 2. The van der Waals surface area contributed by atoms with E-state index < -0.39 is 23.4 Å². The van der Waals surface area contributed by atoms with Crippen LogP contribution in [0.3, 0.4) is 0 Å². The van der Waals surface area contributed by atoms with Gasteiger partial charge < -0.3 is 31.7 Å². The zero-order valence-corrected chi connectivity index (χ0v) is 17.6. The number of thioether (sulfide) groups is 1. The van der Waals surface area contributed by atoms with Gasteiger partial charge in [-0.3, -0.25) is 4.79 Å². The average Bonchev–Trinajstić information content (AvgIpc) is 3.15. The highest BCUT2D eigenvalue weighted by Crippen LogP contribution is 2.50. The zero-order valence-electron chi connectivity index (χ0n) is 16.8. The van der Waals surface area contributed by atoms with Gasteiger partial charge in [0, 0.05) is 40.5 Å². The molecule has 0 fully saturated rings. The summed E-state index contributed by atoms with van der Waals surface area (Å²) in [4.78, 5) is 26.3. The van der Waals surface area contributed by atoms with Crippen molar-refractivity contribution >= 4 is 35.1 Å². The Balaban J connectivity index is 1.62. The molecule has 168 valence electrons. The number of anilines is 2. The molecule has 3 amide bonds. The fourth-order valence-corrected chi connectivity index (χ4v) is 5.16. The molecular formula is C21H21F2N5O3S. The van der Waals surface area contributed by atoms with E-state index in [2.05, 4.69) is 15.4 Å². The molecule has 6 N–H and O–H groups in total. The standard InChI is InChI=1S/C21H21F2N5O3S/c22-19(23)31-13-7-5-12(6-8-13)26-18(29)21(14-3-1-2-4-15(14)24)27-16-9-10-28(20(25)30)11-17(16)32-21/h1-8,19,27H,9-11,24H2,(H2,25,30)(H,26,29). The number of hydrogen-bond donors (Lipinski definition) is 4. The second-order valence-electron chi connectivity index (χ2n) is 7.26. The first-order valence-electron chi connectivity index (χ1n) is 9.73. The number of para-hydroxylation sites is 1. The molecule has 0 bridgehead atoms. The number of nitrogen functional groups attached to an aromatic ring is 1. The van der Waals surface area contributed by atoms with E-state index in [1.165, 1.54) is 40.9 Å². The van der Waals surface area contributed by atoms with Crippen LogP contribution in [0.4, 0.5) is 25.0 Å². The van der Waals surface area contributed by atoms with E-state index in [0.29, 0.717) is 36.4 Å². The summed E-state index contributed by atoms with van der Waals surface area (Å²) in [5.41, 5.74) is 13.9. The number of nitrogens with zero attached hydrogens (tertiary/aromatic N) is 1. The second-order valence-corrected chi connectivity index (χ2v) is 8.57. The van der Waals surface area contributed by atoms with Crippen molar-refractivity contribution in [1.82, 2.24) is 10.2 Å². The van der Waals surface area contributed by atoms with Crippen molar-refractivity contribution in [2.24, 2.45) is 5.73 Å². The molecule has 0 aromatic heterocycles. The lowest BCUT2D eigenvalue weighted by molar-refractivity contribution is -0.119. The molecule has 2 aliphatic heterocycles. The number of hydrogen-bond acceptors (Lipinski definition) is 6. The summed E-state index contributed by atoms with van der Waals surface area (Å²) in [5, 5.41) is 6.15. The SMILES string of the molecule is NC(=O)N1CCC2=C(C1)SC(C(=O)Nc1ccc(OC(F)F)cc1)(c1ccccc1N)N2. The van der Waals surface area contributed by atoms with Gasteiger partial charge in [-0.15, -0.1) is 0 Å². The van der Waals surface area contributed by atoms with E-state index in [1.54, 1.807) is 24.3 Å². The van der Waals surface area contributed by atoms with Crippen LogP contribution < -0.4 is 26.8 Å². The third kappa shape index (κ3) is 4.15. The normalized spacial score (nSPS) is 20.0. The molecule has 2 heterocycles. The van der Waals surface area contributed by atoms with Gasteiger partial charge in [0.05, 0.1) is 6.54 Å². The van der Waals surface area contributed by atoms with Gasteiger partial charge in [0.1, 0.15) is 5.75 Å². The number of primary amides is 1. The van der Waals surface area contributed by atoms with Crippen molar-refractivity contribution in [2.45, 2.75) is 17.9 Å².